The van der Waals surface area contributed by atoms with Crippen LogP contribution < -0.4 is 0 Å². The molecule has 0 aromatic rings. The normalized spacial score (nSPS) is 23.5. The van der Waals surface area contributed by atoms with E-state index in [9.17, 15) is 4.79 Å². The number of hydrogen-bond acceptors (Lipinski definition) is 4. The number of allylic oxidation sites excluding steroid dienone is 2. The van der Waals surface area contributed by atoms with E-state index in [1.165, 1.54) is 0 Å². The van der Waals surface area contributed by atoms with Crippen molar-refractivity contribution in [3.05, 3.63) is 24.0 Å². The fraction of sp³-hybridized carbons (Fsp3) is 0.583. The minimum atomic E-state index is 0.165. The summed E-state index contributed by atoms with van der Waals surface area (Å²) in [5, 5.41) is 0. The molecule has 4 heteroatoms. The predicted molar refractivity (Wildman–Crippen MR) is 59.8 cm³/mol. The monoisotopic (exact) mass is 226 g/mol. The first-order valence-electron chi connectivity index (χ1n) is 5.29. The Balaban J connectivity index is 2.51. The predicted octanol–water partition coefficient (Wildman–Crippen LogP) is 1.67. The molecule has 1 aliphatic rings. The van der Waals surface area contributed by atoms with Crippen molar-refractivity contribution in [1.82, 2.24) is 0 Å². The largest absolute Gasteiger partial charge is 0.505 e. The number of ether oxygens (including phenoxy) is 3. The lowest BCUT2D eigenvalue weighted by Gasteiger charge is -2.05. The van der Waals surface area contributed by atoms with E-state index in [2.05, 4.69) is 0 Å². The molecule has 0 bridgehead atoms. The molecule has 1 atom stereocenters. The molecule has 0 aromatic heterocycles. The van der Waals surface area contributed by atoms with Crippen molar-refractivity contribution in [3.63, 3.8) is 0 Å². The van der Waals surface area contributed by atoms with E-state index in [0.717, 1.165) is 12.0 Å². The van der Waals surface area contributed by atoms with Crippen LogP contribution in [0.2, 0.25) is 0 Å². The van der Waals surface area contributed by atoms with Gasteiger partial charge in [0.15, 0.2) is 5.78 Å². The van der Waals surface area contributed by atoms with Crippen LogP contribution >= 0.6 is 0 Å². The van der Waals surface area contributed by atoms with Gasteiger partial charge in [-0.2, -0.15) is 0 Å². The summed E-state index contributed by atoms with van der Waals surface area (Å²) in [6.45, 7) is 0.656. The SMILES string of the molecule is CO/C=C/C1CCC(=O)/C1=C\COCOC. The first-order chi connectivity index (χ1) is 7.79. The number of carbonyl (C=O) groups is 1. The van der Waals surface area contributed by atoms with Crippen LogP contribution in [0.5, 0.6) is 0 Å². The molecule has 0 spiro atoms. The summed E-state index contributed by atoms with van der Waals surface area (Å²) in [5.74, 6) is 0.366. The summed E-state index contributed by atoms with van der Waals surface area (Å²) in [4.78, 5) is 11.6. The zero-order valence-corrected chi connectivity index (χ0v) is 9.77. The van der Waals surface area contributed by atoms with E-state index in [4.69, 9.17) is 14.2 Å². The van der Waals surface area contributed by atoms with Gasteiger partial charge in [0.25, 0.3) is 0 Å². The third-order valence-electron chi connectivity index (χ3n) is 2.47. The topological polar surface area (TPSA) is 44.8 Å². The number of carbonyl (C=O) groups excluding carboxylic acids is 1. The van der Waals surface area contributed by atoms with Crippen LogP contribution in [0.15, 0.2) is 24.0 Å². The smallest absolute Gasteiger partial charge is 0.159 e. The fourth-order valence-corrected chi connectivity index (χ4v) is 1.71. The molecule has 4 nitrogen and oxygen atoms in total. The molecule has 90 valence electrons. The van der Waals surface area contributed by atoms with Gasteiger partial charge in [0.05, 0.1) is 20.0 Å². The Hall–Kier alpha value is -1.13. The zero-order valence-electron chi connectivity index (χ0n) is 9.77. The van der Waals surface area contributed by atoms with Crippen LogP contribution in [0.3, 0.4) is 0 Å². The Kier molecular flexibility index (Phi) is 5.82. The molecular formula is C12H18O4. The van der Waals surface area contributed by atoms with Crippen molar-refractivity contribution in [1.29, 1.82) is 0 Å². The third-order valence-corrected chi connectivity index (χ3v) is 2.47. The van der Waals surface area contributed by atoms with Gasteiger partial charge in [-0.25, -0.2) is 0 Å². The van der Waals surface area contributed by atoms with Gasteiger partial charge in [-0.3, -0.25) is 4.79 Å². The summed E-state index contributed by atoms with van der Waals surface area (Å²) in [5.41, 5.74) is 0.824. The molecule has 16 heavy (non-hydrogen) atoms. The van der Waals surface area contributed by atoms with Gasteiger partial charge in [-0.15, -0.1) is 0 Å². The van der Waals surface area contributed by atoms with Crippen molar-refractivity contribution in [2.45, 2.75) is 12.8 Å². The van der Waals surface area contributed by atoms with Crippen molar-refractivity contribution >= 4 is 5.78 Å². The second-order valence-corrected chi connectivity index (χ2v) is 3.57. The van der Waals surface area contributed by atoms with Crippen LogP contribution in [0.4, 0.5) is 0 Å². The van der Waals surface area contributed by atoms with Crippen molar-refractivity contribution in [2.24, 2.45) is 5.92 Å². The molecule has 1 saturated carbocycles. The van der Waals surface area contributed by atoms with Crippen molar-refractivity contribution in [2.75, 3.05) is 27.6 Å². The third kappa shape index (κ3) is 3.79. The molecule has 0 radical (unpaired) electrons. The Morgan fingerprint density at radius 1 is 1.44 bits per heavy atom. The molecule has 1 rings (SSSR count). The molecule has 1 aliphatic carbocycles. The highest BCUT2D eigenvalue weighted by atomic mass is 16.7. The maximum absolute atomic E-state index is 11.6. The van der Waals surface area contributed by atoms with E-state index >= 15 is 0 Å². The molecule has 1 unspecified atom stereocenters. The number of Topliss-reactive ketones (excluding diaryl/α,β-unsaturated/α-hetero) is 1. The summed E-state index contributed by atoms with van der Waals surface area (Å²) < 4.78 is 14.8. The first-order valence-corrected chi connectivity index (χ1v) is 5.29. The number of methoxy groups -OCH3 is 2. The van der Waals surface area contributed by atoms with E-state index < -0.39 is 0 Å². The van der Waals surface area contributed by atoms with Gasteiger partial charge in [0.2, 0.25) is 0 Å². The molecule has 0 heterocycles. The standard InChI is InChI=1S/C12H18O4/c1-14-7-5-10-3-4-12(13)11(10)6-8-16-9-15-2/h5-7,10H,3-4,8-9H2,1-2H3/b7-5+,11-6-. The Bertz CT molecular complexity index is 281. The van der Waals surface area contributed by atoms with Gasteiger partial charge >= 0.3 is 0 Å². The molecule has 0 aliphatic heterocycles. The summed E-state index contributed by atoms with van der Waals surface area (Å²) >= 11 is 0. The van der Waals surface area contributed by atoms with E-state index in [0.29, 0.717) is 13.0 Å². The molecule has 0 amide bonds. The Morgan fingerprint density at radius 2 is 2.25 bits per heavy atom. The highest BCUT2D eigenvalue weighted by Gasteiger charge is 2.26. The Labute approximate surface area is 95.9 Å². The van der Waals surface area contributed by atoms with E-state index in [1.54, 1.807) is 20.5 Å². The van der Waals surface area contributed by atoms with E-state index in [1.807, 2.05) is 12.2 Å². The highest BCUT2D eigenvalue weighted by Crippen LogP contribution is 2.29. The zero-order chi connectivity index (χ0) is 11.8. The fourth-order valence-electron chi connectivity index (χ4n) is 1.71. The van der Waals surface area contributed by atoms with Gasteiger partial charge in [-0.05, 0) is 12.5 Å². The van der Waals surface area contributed by atoms with Crippen molar-refractivity contribution in [3.8, 4) is 0 Å². The number of rotatable bonds is 6. The summed E-state index contributed by atoms with van der Waals surface area (Å²) in [7, 11) is 3.16. The highest BCUT2D eigenvalue weighted by molar-refractivity contribution is 5.98. The van der Waals surface area contributed by atoms with Gasteiger partial charge in [0, 0.05) is 25.0 Å². The summed E-state index contributed by atoms with van der Waals surface area (Å²) in [6, 6.07) is 0. The lowest BCUT2D eigenvalue weighted by Crippen LogP contribution is -2.03. The molecular weight excluding hydrogens is 208 g/mol. The number of hydrogen-bond donors (Lipinski definition) is 0. The second kappa shape index (κ2) is 7.19. The minimum Gasteiger partial charge on any atom is -0.505 e. The lowest BCUT2D eigenvalue weighted by atomic mass is 10.0. The second-order valence-electron chi connectivity index (χ2n) is 3.57. The van der Waals surface area contributed by atoms with Crippen LogP contribution in [-0.2, 0) is 19.0 Å². The number of ketones is 1. The van der Waals surface area contributed by atoms with E-state index in [-0.39, 0.29) is 18.5 Å². The summed E-state index contributed by atoms with van der Waals surface area (Å²) in [6.07, 6.45) is 6.82. The van der Waals surface area contributed by atoms with Crippen LogP contribution in [0, 0.1) is 5.92 Å². The minimum absolute atomic E-state index is 0.165. The quantitative estimate of drug-likeness (QED) is 0.299. The Morgan fingerprint density at radius 3 is 2.94 bits per heavy atom. The van der Waals surface area contributed by atoms with Crippen LogP contribution in [0.1, 0.15) is 12.8 Å². The van der Waals surface area contributed by atoms with Crippen LogP contribution in [-0.4, -0.2) is 33.4 Å². The molecule has 1 fully saturated rings. The van der Waals surface area contributed by atoms with Gasteiger partial charge < -0.3 is 14.2 Å². The first kappa shape index (κ1) is 12.9. The maximum Gasteiger partial charge on any atom is 0.159 e. The maximum atomic E-state index is 11.6. The van der Waals surface area contributed by atoms with Crippen LogP contribution in [0.25, 0.3) is 0 Å². The lowest BCUT2D eigenvalue weighted by molar-refractivity contribution is -0.114. The molecule has 0 saturated heterocycles. The van der Waals surface area contributed by atoms with Gasteiger partial charge in [0.1, 0.15) is 6.79 Å². The average Bonchev–Trinajstić information content (AvgIpc) is 2.63. The average molecular weight is 226 g/mol. The van der Waals surface area contributed by atoms with Crippen molar-refractivity contribution < 1.29 is 19.0 Å². The van der Waals surface area contributed by atoms with Gasteiger partial charge in [-0.1, -0.05) is 6.08 Å². The molecule has 0 aromatic carbocycles. The molecule has 0 N–H and O–H groups in total.